The summed E-state index contributed by atoms with van der Waals surface area (Å²) in [6, 6.07) is 0. The van der Waals surface area contributed by atoms with Crippen LogP contribution >= 0.6 is 24.2 Å². The zero-order valence-electron chi connectivity index (χ0n) is 5.49. The lowest BCUT2D eigenvalue weighted by atomic mass is 10.3. The molecule has 0 N–H and O–H groups in total. The molecule has 11 heavy (non-hydrogen) atoms. The van der Waals surface area contributed by atoms with E-state index in [1.165, 1.54) is 6.33 Å². The van der Waals surface area contributed by atoms with Crippen LogP contribution in [0.4, 0.5) is 0 Å². The van der Waals surface area contributed by atoms with Gasteiger partial charge in [0.2, 0.25) is 0 Å². The van der Waals surface area contributed by atoms with Crippen LogP contribution < -0.4 is 0 Å². The van der Waals surface area contributed by atoms with Crippen molar-refractivity contribution in [3.05, 3.63) is 22.7 Å². The summed E-state index contributed by atoms with van der Waals surface area (Å²) in [6.45, 7) is 0. The average molecular weight is 189 g/mol. The standard InChI is InChI=1S/C6H5ClN2OS/c7-6-4(1-10)5(2-11)8-3-9-6/h1,3,11H,2H2. The van der Waals surface area contributed by atoms with Crippen molar-refractivity contribution in [1.82, 2.24) is 9.97 Å². The third-order valence-corrected chi connectivity index (χ3v) is 1.79. The molecule has 0 amide bonds. The fraction of sp³-hybridized carbons (Fsp3) is 0.167. The number of carbonyl (C=O) groups is 1. The number of hydrogen-bond donors (Lipinski definition) is 1. The Hall–Kier alpha value is -0.610. The second-order valence-electron chi connectivity index (χ2n) is 1.80. The highest BCUT2D eigenvalue weighted by Crippen LogP contribution is 2.13. The van der Waals surface area contributed by atoms with Crippen LogP contribution in [0.5, 0.6) is 0 Å². The summed E-state index contributed by atoms with van der Waals surface area (Å²) in [7, 11) is 0. The molecule has 5 heteroatoms. The average Bonchev–Trinajstić information content (AvgIpc) is 2.04. The summed E-state index contributed by atoms with van der Waals surface area (Å²) < 4.78 is 0. The lowest BCUT2D eigenvalue weighted by molar-refractivity contribution is 0.112. The van der Waals surface area contributed by atoms with Crippen LogP contribution in [0.2, 0.25) is 5.15 Å². The highest BCUT2D eigenvalue weighted by molar-refractivity contribution is 7.79. The smallest absolute Gasteiger partial charge is 0.155 e. The maximum atomic E-state index is 10.4. The van der Waals surface area contributed by atoms with E-state index in [4.69, 9.17) is 11.6 Å². The van der Waals surface area contributed by atoms with Gasteiger partial charge in [0.15, 0.2) is 6.29 Å². The van der Waals surface area contributed by atoms with Gasteiger partial charge in [0.1, 0.15) is 11.5 Å². The fourth-order valence-corrected chi connectivity index (χ4v) is 1.10. The molecule has 0 aliphatic rings. The minimum Gasteiger partial charge on any atom is -0.298 e. The van der Waals surface area contributed by atoms with E-state index in [0.29, 0.717) is 23.3 Å². The first-order valence-electron chi connectivity index (χ1n) is 2.85. The Bertz CT molecular complexity index is 279. The van der Waals surface area contributed by atoms with E-state index >= 15 is 0 Å². The topological polar surface area (TPSA) is 42.9 Å². The molecule has 0 aromatic carbocycles. The van der Waals surface area contributed by atoms with Gasteiger partial charge < -0.3 is 0 Å². The van der Waals surface area contributed by atoms with Crippen molar-refractivity contribution >= 4 is 30.5 Å². The van der Waals surface area contributed by atoms with Gasteiger partial charge in [-0.3, -0.25) is 4.79 Å². The summed E-state index contributed by atoms with van der Waals surface area (Å²) >= 11 is 9.57. The molecule has 0 unspecified atom stereocenters. The van der Waals surface area contributed by atoms with Crippen LogP contribution in [-0.2, 0) is 5.75 Å². The second-order valence-corrected chi connectivity index (χ2v) is 2.48. The molecule has 0 saturated heterocycles. The number of halogens is 1. The van der Waals surface area contributed by atoms with Gasteiger partial charge in [-0.2, -0.15) is 12.6 Å². The summed E-state index contributed by atoms with van der Waals surface area (Å²) in [5.41, 5.74) is 0.882. The van der Waals surface area contributed by atoms with Crippen molar-refractivity contribution in [2.75, 3.05) is 0 Å². The number of aldehydes is 1. The second kappa shape index (κ2) is 3.69. The minimum absolute atomic E-state index is 0.180. The first-order chi connectivity index (χ1) is 5.29. The number of rotatable bonds is 2. The van der Waals surface area contributed by atoms with Gasteiger partial charge in [-0.25, -0.2) is 9.97 Å². The van der Waals surface area contributed by atoms with Crippen molar-refractivity contribution in [1.29, 1.82) is 0 Å². The number of carbonyl (C=O) groups excluding carboxylic acids is 1. The maximum absolute atomic E-state index is 10.4. The molecule has 0 bridgehead atoms. The van der Waals surface area contributed by atoms with Crippen LogP contribution in [0, 0.1) is 0 Å². The summed E-state index contributed by atoms with van der Waals surface area (Å²) in [5.74, 6) is 0.385. The SMILES string of the molecule is O=Cc1c(Cl)ncnc1CS. The summed E-state index contributed by atoms with van der Waals surface area (Å²) in [5, 5.41) is 0.180. The van der Waals surface area contributed by atoms with Crippen molar-refractivity contribution in [3.8, 4) is 0 Å². The van der Waals surface area contributed by atoms with Gasteiger partial charge >= 0.3 is 0 Å². The van der Waals surface area contributed by atoms with Gasteiger partial charge in [-0.15, -0.1) is 0 Å². The van der Waals surface area contributed by atoms with Crippen LogP contribution in [0.1, 0.15) is 16.1 Å². The van der Waals surface area contributed by atoms with E-state index < -0.39 is 0 Å². The summed E-state index contributed by atoms with van der Waals surface area (Å²) in [6.07, 6.45) is 1.94. The van der Waals surface area contributed by atoms with E-state index in [9.17, 15) is 4.79 Å². The summed E-state index contributed by atoms with van der Waals surface area (Å²) in [4.78, 5) is 17.9. The number of thiol groups is 1. The number of hydrogen-bond acceptors (Lipinski definition) is 4. The third kappa shape index (κ3) is 1.70. The Morgan fingerprint density at radius 2 is 2.36 bits per heavy atom. The van der Waals surface area contributed by atoms with Gasteiger partial charge in [-0.05, 0) is 0 Å². The highest BCUT2D eigenvalue weighted by Gasteiger charge is 2.05. The molecule has 1 aromatic rings. The third-order valence-electron chi connectivity index (χ3n) is 1.19. The van der Waals surface area contributed by atoms with E-state index in [2.05, 4.69) is 22.6 Å². The Morgan fingerprint density at radius 3 is 2.82 bits per heavy atom. The molecule has 1 heterocycles. The first kappa shape index (κ1) is 8.49. The van der Waals surface area contributed by atoms with Crippen molar-refractivity contribution in [2.24, 2.45) is 0 Å². The largest absolute Gasteiger partial charge is 0.298 e. The molecule has 0 fully saturated rings. The van der Waals surface area contributed by atoms with E-state index in [0.717, 1.165) is 0 Å². The van der Waals surface area contributed by atoms with Crippen LogP contribution in [0.25, 0.3) is 0 Å². The van der Waals surface area contributed by atoms with Gasteiger partial charge in [0.05, 0.1) is 11.3 Å². The van der Waals surface area contributed by atoms with Crippen molar-refractivity contribution < 1.29 is 4.79 Å². The first-order valence-corrected chi connectivity index (χ1v) is 3.86. The lowest BCUT2D eigenvalue weighted by Gasteiger charge is -1.98. The predicted octanol–water partition coefficient (Wildman–Crippen LogP) is 1.37. The predicted molar refractivity (Wildman–Crippen MR) is 45.1 cm³/mol. The molecule has 0 atom stereocenters. The molecule has 0 saturated carbocycles. The molecular weight excluding hydrogens is 184 g/mol. The highest BCUT2D eigenvalue weighted by atomic mass is 35.5. The molecule has 1 aromatic heterocycles. The zero-order chi connectivity index (χ0) is 8.27. The zero-order valence-corrected chi connectivity index (χ0v) is 7.14. The van der Waals surface area contributed by atoms with E-state index in [-0.39, 0.29) is 5.15 Å². The van der Waals surface area contributed by atoms with Crippen LogP contribution in [0.3, 0.4) is 0 Å². The Labute approximate surface area is 74.2 Å². The van der Waals surface area contributed by atoms with Gasteiger partial charge in [0, 0.05) is 5.75 Å². The molecule has 0 spiro atoms. The monoisotopic (exact) mass is 188 g/mol. The minimum atomic E-state index is 0.180. The van der Waals surface area contributed by atoms with Gasteiger partial charge in [0.25, 0.3) is 0 Å². The number of nitrogens with zero attached hydrogens (tertiary/aromatic N) is 2. The van der Waals surface area contributed by atoms with Gasteiger partial charge in [-0.1, -0.05) is 11.6 Å². The molecule has 0 aliphatic carbocycles. The maximum Gasteiger partial charge on any atom is 0.155 e. The normalized spacial score (nSPS) is 9.64. The molecule has 1 rings (SSSR count). The molecular formula is C6H5ClN2OS. The van der Waals surface area contributed by atoms with Crippen molar-refractivity contribution in [3.63, 3.8) is 0 Å². The lowest BCUT2D eigenvalue weighted by Crippen LogP contribution is -1.96. The molecule has 58 valence electrons. The molecule has 3 nitrogen and oxygen atoms in total. The van der Waals surface area contributed by atoms with Crippen molar-refractivity contribution in [2.45, 2.75) is 5.75 Å². The van der Waals surface area contributed by atoms with Crippen LogP contribution in [-0.4, -0.2) is 16.3 Å². The van der Waals surface area contributed by atoms with E-state index in [1.54, 1.807) is 0 Å². The Morgan fingerprint density at radius 1 is 1.64 bits per heavy atom. The van der Waals surface area contributed by atoms with E-state index in [1.807, 2.05) is 0 Å². The molecule has 0 aliphatic heterocycles. The Balaban J connectivity index is 3.24. The quantitative estimate of drug-likeness (QED) is 0.433. The Kier molecular flexibility index (Phi) is 2.84. The number of aromatic nitrogens is 2. The van der Waals surface area contributed by atoms with Crippen LogP contribution in [0.15, 0.2) is 6.33 Å². The molecule has 0 radical (unpaired) electrons. The fourth-order valence-electron chi connectivity index (χ4n) is 0.650.